The zero-order chi connectivity index (χ0) is 18.4. The highest BCUT2D eigenvalue weighted by molar-refractivity contribution is 7.88. The zero-order valence-corrected chi connectivity index (χ0v) is 15.1. The van der Waals surface area contributed by atoms with Crippen LogP contribution in [0.3, 0.4) is 0 Å². The third-order valence-electron chi connectivity index (χ3n) is 5.15. The number of carboxylic acids is 1. The van der Waals surface area contributed by atoms with E-state index in [-0.39, 0.29) is 44.4 Å². The van der Waals surface area contributed by atoms with Crippen molar-refractivity contribution in [3.8, 4) is 0 Å². The Morgan fingerprint density at radius 1 is 1.36 bits per heavy atom. The van der Waals surface area contributed by atoms with Crippen LogP contribution in [0.2, 0.25) is 0 Å². The molecule has 0 saturated carbocycles. The number of rotatable bonds is 5. The lowest BCUT2D eigenvalue weighted by molar-refractivity contribution is -0.149. The van der Waals surface area contributed by atoms with Crippen LogP contribution < -0.4 is 0 Å². The molecule has 0 spiro atoms. The highest BCUT2D eigenvalue weighted by Gasteiger charge is 2.59. The molecule has 1 amide bonds. The van der Waals surface area contributed by atoms with Gasteiger partial charge in [-0.15, -0.1) is 0 Å². The minimum Gasteiger partial charge on any atom is -0.481 e. The van der Waals surface area contributed by atoms with Crippen molar-refractivity contribution in [2.75, 3.05) is 32.4 Å². The molecule has 10 heteroatoms. The van der Waals surface area contributed by atoms with Crippen molar-refractivity contribution in [3.05, 3.63) is 18.0 Å². The molecule has 2 fully saturated rings. The molecule has 1 aromatic heterocycles. The largest absolute Gasteiger partial charge is 0.481 e. The lowest BCUT2D eigenvalue weighted by Crippen LogP contribution is -2.43. The van der Waals surface area contributed by atoms with Gasteiger partial charge in [-0.25, -0.2) is 12.7 Å². The van der Waals surface area contributed by atoms with Crippen molar-refractivity contribution >= 4 is 21.9 Å². The molecule has 1 N–H and O–H groups in total. The Hall–Kier alpha value is -1.94. The van der Waals surface area contributed by atoms with Gasteiger partial charge in [-0.1, -0.05) is 0 Å². The summed E-state index contributed by atoms with van der Waals surface area (Å²) in [5, 5.41) is 13.9. The summed E-state index contributed by atoms with van der Waals surface area (Å²) in [7, 11) is -3.44. The van der Waals surface area contributed by atoms with E-state index in [9.17, 15) is 23.1 Å². The van der Waals surface area contributed by atoms with Crippen LogP contribution in [0.4, 0.5) is 0 Å². The summed E-state index contributed by atoms with van der Waals surface area (Å²) in [6.07, 6.45) is 3.11. The lowest BCUT2D eigenvalue weighted by atomic mass is 9.81. The summed E-state index contributed by atoms with van der Waals surface area (Å²) in [6.45, 7) is 2.69. The number of carbonyl (C=O) groups is 2. The van der Waals surface area contributed by atoms with Crippen molar-refractivity contribution in [3.63, 3.8) is 0 Å². The number of fused-ring (bicyclic) bond motifs is 1. The molecular weight excluding hydrogens is 348 g/mol. The number of carbonyl (C=O) groups excluding carboxylic acids is 1. The predicted molar refractivity (Wildman–Crippen MR) is 88.1 cm³/mol. The minimum absolute atomic E-state index is 0.0516. The fourth-order valence-electron chi connectivity index (χ4n) is 3.72. The fraction of sp³-hybridized carbons (Fsp3) is 0.667. The maximum absolute atomic E-state index is 12.5. The average molecular weight is 370 g/mol. The molecule has 138 valence electrons. The first-order valence-corrected chi connectivity index (χ1v) is 9.93. The van der Waals surface area contributed by atoms with Crippen LogP contribution in [0, 0.1) is 18.3 Å². The van der Waals surface area contributed by atoms with Crippen molar-refractivity contribution in [2.24, 2.45) is 11.3 Å². The number of amides is 1. The highest BCUT2D eigenvalue weighted by Crippen LogP contribution is 2.43. The molecule has 2 saturated heterocycles. The van der Waals surface area contributed by atoms with Gasteiger partial charge in [0.1, 0.15) is 5.41 Å². The van der Waals surface area contributed by atoms with E-state index in [0.29, 0.717) is 6.54 Å². The van der Waals surface area contributed by atoms with Gasteiger partial charge in [0, 0.05) is 51.3 Å². The summed E-state index contributed by atoms with van der Waals surface area (Å²) >= 11 is 0. The molecule has 2 atom stereocenters. The summed E-state index contributed by atoms with van der Waals surface area (Å²) in [6, 6.07) is 1.85. The molecule has 0 radical (unpaired) electrons. The first-order valence-electron chi connectivity index (χ1n) is 8.08. The maximum atomic E-state index is 12.5. The Morgan fingerprint density at radius 2 is 2.08 bits per heavy atom. The number of aromatic nitrogens is 2. The van der Waals surface area contributed by atoms with Gasteiger partial charge in [0.25, 0.3) is 0 Å². The van der Waals surface area contributed by atoms with Crippen LogP contribution in [0.5, 0.6) is 0 Å². The third kappa shape index (κ3) is 3.28. The molecular formula is C15H22N4O5S. The maximum Gasteiger partial charge on any atom is 0.313 e. The van der Waals surface area contributed by atoms with Crippen LogP contribution in [0.15, 0.2) is 12.3 Å². The van der Waals surface area contributed by atoms with E-state index < -0.39 is 21.4 Å². The molecule has 25 heavy (non-hydrogen) atoms. The van der Waals surface area contributed by atoms with Crippen molar-refractivity contribution in [1.29, 1.82) is 0 Å². The molecule has 3 heterocycles. The number of aryl methyl sites for hydroxylation is 2. The summed E-state index contributed by atoms with van der Waals surface area (Å²) < 4.78 is 26.4. The van der Waals surface area contributed by atoms with Crippen LogP contribution in [-0.2, 0) is 26.2 Å². The second kappa shape index (κ2) is 6.10. The van der Waals surface area contributed by atoms with Gasteiger partial charge in [-0.2, -0.15) is 5.10 Å². The Balaban J connectivity index is 1.67. The molecule has 9 nitrogen and oxygen atoms in total. The quantitative estimate of drug-likeness (QED) is 0.740. The molecule has 0 aromatic carbocycles. The van der Waals surface area contributed by atoms with E-state index in [0.717, 1.165) is 11.9 Å². The summed E-state index contributed by atoms with van der Waals surface area (Å²) in [5.74, 6) is -1.55. The number of hydrogen-bond donors (Lipinski definition) is 1. The van der Waals surface area contributed by atoms with Gasteiger partial charge in [0.05, 0.1) is 11.9 Å². The molecule has 2 aliphatic heterocycles. The zero-order valence-electron chi connectivity index (χ0n) is 14.3. The average Bonchev–Trinajstić information content (AvgIpc) is 3.15. The van der Waals surface area contributed by atoms with Gasteiger partial charge in [-0.05, 0) is 13.0 Å². The third-order valence-corrected chi connectivity index (χ3v) is 6.37. The fourth-order valence-corrected chi connectivity index (χ4v) is 4.64. The second-order valence-electron chi connectivity index (χ2n) is 6.96. The number of nitrogens with zero attached hydrogens (tertiary/aromatic N) is 4. The molecule has 3 rings (SSSR count). The number of aliphatic carboxylic acids is 1. The van der Waals surface area contributed by atoms with Crippen molar-refractivity contribution in [2.45, 2.75) is 19.9 Å². The molecule has 2 aliphatic rings. The van der Waals surface area contributed by atoms with E-state index in [1.54, 1.807) is 15.8 Å². The highest BCUT2D eigenvalue weighted by atomic mass is 32.2. The first-order chi connectivity index (χ1) is 11.6. The predicted octanol–water partition coefficient (Wildman–Crippen LogP) is -0.614. The van der Waals surface area contributed by atoms with Gasteiger partial charge < -0.3 is 10.0 Å². The lowest BCUT2D eigenvalue weighted by Gasteiger charge is -2.24. The van der Waals surface area contributed by atoms with E-state index in [2.05, 4.69) is 5.10 Å². The van der Waals surface area contributed by atoms with E-state index in [1.807, 2.05) is 13.0 Å². The Kier molecular flexibility index (Phi) is 4.36. The molecule has 1 aromatic rings. The number of sulfonamides is 1. The van der Waals surface area contributed by atoms with Crippen molar-refractivity contribution < 1.29 is 23.1 Å². The van der Waals surface area contributed by atoms with E-state index in [4.69, 9.17) is 0 Å². The Morgan fingerprint density at radius 3 is 2.60 bits per heavy atom. The topological polar surface area (TPSA) is 113 Å². The van der Waals surface area contributed by atoms with Crippen LogP contribution in [-0.4, -0.2) is 76.8 Å². The summed E-state index contributed by atoms with van der Waals surface area (Å²) in [5.41, 5.74) is -0.338. The van der Waals surface area contributed by atoms with Gasteiger partial charge in [0.15, 0.2) is 0 Å². The smallest absolute Gasteiger partial charge is 0.313 e. The second-order valence-corrected chi connectivity index (χ2v) is 8.94. The summed E-state index contributed by atoms with van der Waals surface area (Å²) in [4.78, 5) is 25.9. The van der Waals surface area contributed by atoms with Crippen molar-refractivity contribution in [1.82, 2.24) is 19.0 Å². The number of likely N-dealkylation sites (tertiary alicyclic amines) is 1. The molecule has 0 bridgehead atoms. The Bertz CT molecular complexity index is 805. The van der Waals surface area contributed by atoms with E-state index >= 15 is 0 Å². The number of hydrogen-bond acceptors (Lipinski definition) is 5. The van der Waals surface area contributed by atoms with Gasteiger partial charge in [-0.3, -0.25) is 14.3 Å². The van der Waals surface area contributed by atoms with Crippen LogP contribution >= 0.6 is 0 Å². The molecule has 0 unspecified atom stereocenters. The minimum atomic E-state index is -3.44. The van der Waals surface area contributed by atoms with Gasteiger partial charge >= 0.3 is 5.97 Å². The SMILES string of the molecule is Cc1ccn(CCC(=O)N2C[C@@H]3CN(S(C)(=O)=O)C[C@]3(C(=O)O)C2)n1. The van der Waals surface area contributed by atoms with E-state index in [1.165, 1.54) is 4.31 Å². The normalized spacial score (nSPS) is 26.8. The first kappa shape index (κ1) is 17.9. The van der Waals surface area contributed by atoms with Crippen LogP contribution in [0.25, 0.3) is 0 Å². The monoisotopic (exact) mass is 370 g/mol. The van der Waals surface area contributed by atoms with Gasteiger partial charge in [0.2, 0.25) is 15.9 Å². The van der Waals surface area contributed by atoms with Crippen LogP contribution in [0.1, 0.15) is 12.1 Å². The standard InChI is InChI=1S/C15H22N4O5S/c1-11-3-5-18(16-11)6-4-13(20)17-7-12-8-19(25(2,23)24)10-15(12,9-17)14(21)22/h3,5,12H,4,6-10H2,1-2H3,(H,21,22)/t12-,15-/m1/s1. The number of carboxylic acid groups (broad SMARTS) is 1. The Labute approximate surface area is 146 Å². The molecule has 0 aliphatic carbocycles.